The first-order valence-electron chi connectivity index (χ1n) is 6.93. The Kier molecular flexibility index (Phi) is 4.53. The van der Waals surface area contributed by atoms with Gasteiger partial charge in [0.05, 0.1) is 5.41 Å². The van der Waals surface area contributed by atoms with Crippen LogP contribution in [0.15, 0.2) is 24.5 Å². The molecule has 0 radical (unpaired) electrons. The Morgan fingerprint density at radius 2 is 2.21 bits per heavy atom. The lowest BCUT2D eigenvalue weighted by Crippen LogP contribution is -2.46. The van der Waals surface area contributed by atoms with E-state index in [1.807, 2.05) is 19.2 Å². The summed E-state index contributed by atoms with van der Waals surface area (Å²) >= 11 is 0. The number of carbonyl (C=O) groups is 1. The molecule has 1 aliphatic heterocycles. The predicted octanol–water partition coefficient (Wildman–Crippen LogP) is 2.20. The van der Waals surface area contributed by atoms with E-state index in [1.165, 1.54) is 5.56 Å². The van der Waals surface area contributed by atoms with Crippen LogP contribution < -0.4 is 0 Å². The molecule has 0 spiro atoms. The maximum absolute atomic E-state index is 11.6. The highest BCUT2D eigenvalue weighted by Crippen LogP contribution is 2.35. The van der Waals surface area contributed by atoms with Crippen molar-refractivity contribution in [2.24, 2.45) is 5.41 Å². The summed E-state index contributed by atoms with van der Waals surface area (Å²) in [6.45, 7) is 1.69. The van der Waals surface area contributed by atoms with Crippen LogP contribution in [0.3, 0.4) is 0 Å². The molecule has 1 aromatic rings. The highest BCUT2D eigenvalue weighted by molar-refractivity contribution is 5.75. The fraction of sp³-hybridized carbons (Fsp3) is 0.600. The van der Waals surface area contributed by atoms with Crippen LogP contribution in [0.25, 0.3) is 0 Å². The smallest absolute Gasteiger partial charge is 0.310 e. The second-order valence-electron chi connectivity index (χ2n) is 5.64. The standard InChI is InChI=1S/C15H22N2O2/c1-17-11-3-8-15(12-17,14(18)19)7-2-4-13-5-9-16-10-6-13/h5-6,9-10H,2-4,7-8,11-12H2,1H3,(H,18,19). The molecule has 2 heterocycles. The van der Waals surface area contributed by atoms with Crippen molar-refractivity contribution in [3.05, 3.63) is 30.1 Å². The van der Waals surface area contributed by atoms with Gasteiger partial charge in [-0.2, -0.15) is 0 Å². The van der Waals surface area contributed by atoms with Crippen molar-refractivity contribution in [2.45, 2.75) is 32.1 Å². The van der Waals surface area contributed by atoms with E-state index in [4.69, 9.17) is 0 Å². The van der Waals surface area contributed by atoms with Gasteiger partial charge in [0.2, 0.25) is 0 Å². The normalized spacial score (nSPS) is 24.3. The molecule has 0 saturated carbocycles. The number of aryl methyl sites for hydroxylation is 1. The van der Waals surface area contributed by atoms with E-state index in [0.717, 1.165) is 38.6 Å². The van der Waals surface area contributed by atoms with Gasteiger partial charge in [0.25, 0.3) is 0 Å². The van der Waals surface area contributed by atoms with Crippen molar-refractivity contribution in [1.29, 1.82) is 0 Å². The Bertz CT molecular complexity index is 421. The first-order valence-corrected chi connectivity index (χ1v) is 6.93. The van der Waals surface area contributed by atoms with E-state index in [-0.39, 0.29) is 0 Å². The lowest BCUT2D eigenvalue weighted by atomic mass is 9.76. The average molecular weight is 262 g/mol. The van der Waals surface area contributed by atoms with Crippen molar-refractivity contribution in [3.8, 4) is 0 Å². The summed E-state index contributed by atoms with van der Waals surface area (Å²) in [6.07, 6.45) is 7.98. The lowest BCUT2D eigenvalue weighted by molar-refractivity contribution is -0.153. The molecular weight excluding hydrogens is 240 g/mol. The van der Waals surface area contributed by atoms with Crippen LogP contribution in [-0.4, -0.2) is 41.1 Å². The number of rotatable bonds is 5. The van der Waals surface area contributed by atoms with Crippen LogP contribution in [0.2, 0.25) is 0 Å². The first-order chi connectivity index (χ1) is 9.12. The van der Waals surface area contributed by atoms with E-state index < -0.39 is 11.4 Å². The third-order valence-corrected chi connectivity index (χ3v) is 4.09. The molecule has 1 fully saturated rings. The number of carboxylic acid groups (broad SMARTS) is 1. The van der Waals surface area contributed by atoms with Crippen molar-refractivity contribution >= 4 is 5.97 Å². The number of aromatic nitrogens is 1. The molecule has 19 heavy (non-hydrogen) atoms. The molecule has 0 bridgehead atoms. The third kappa shape index (κ3) is 3.53. The average Bonchev–Trinajstić information content (AvgIpc) is 2.40. The second kappa shape index (κ2) is 6.15. The van der Waals surface area contributed by atoms with Gasteiger partial charge >= 0.3 is 5.97 Å². The Labute approximate surface area is 114 Å². The summed E-state index contributed by atoms with van der Waals surface area (Å²) in [4.78, 5) is 17.8. The van der Waals surface area contributed by atoms with Crippen LogP contribution in [0.4, 0.5) is 0 Å². The number of aliphatic carboxylic acids is 1. The Morgan fingerprint density at radius 1 is 1.47 bits per heavy atom. The van der Waals surface area contributed by atoms with E-state index >= 15 is 0 Å². The van der Waals surface area contributed by atoms with Gasteiger partial charge in [0.15, 0.2) is 0 Å². The van der Waals surface area contributed by atoms with E-state index in [1.54, 1.807) is 12.4 Å². The van der Waals surface area contributed by atoms with Crippen molar-refractivity contribution in [3.63, 3.8) is 0 Å². The van der Waals surface area contributed by atoms with Gasteiger partial charge in [-0.3, -0.25) is 9.78 Å². The van der Waals surface area contributed by atoms with Crippen LogP contribution in [0.5, 0.6) is 0 Å². The molecule has 1 aliphatic rings. The minimum absolute atomic E-state index is 0.542. The first kappa shape index (κ1) is 14.0. The molecule has 0 aliphatic carbocycles. The number of carboxylic acids is 1. The highest BCUT2D eigenvalue weighted by atomic mass is 16.4. The monoisotopic (exact) mass is 262 g/mol. The number of likely N-dealkylation sites (tertiary alicyclic amines) is 1. The number of pyridine rings is 1. The van der Waals surface area contributed by atoms with E-state index in [2.05, 4.69) is 9.88 Å². The SMILES string of the molecule is CN1CCCC(CCCc2ccncc2)(C(=O)O)C1. The molecule has 4 heteroatoms. The summed E-state index contributed by atoms with van der Waals surface area (Å²) in [5, 5.41) is 9.57. The zero-order chi connectivity index (χ0) is 13.7. The topological polar surface area (TPSA) is 53.4 Å². The predicted molar refractivity (Wildman–Crippen MR) is 74.0 cm³/mol. The molecule has 2 rings (SSSR count). The van der Waals surface area contributed by atoms with Gasteiger partial charge < -0.3 is 10.0 Å². The number of hydrogen-bond acceptors (Lipinski definition) is 3. The number of nitrogens with zero attached hydrogens (tertiary/aromatic N) is 2. The second-order valence-corrected chi connectivity index (χ2v) is 5.64. The Morgan fingerprint density at radius 3 is 2.84 bits per heavy atom. The van der Waals surface area contributed by atoms with Gasteiger partial charge in [0, 0.05) is 18.9 Å². The molecule has 4 nitrogen and oxygen atoms in total. The maximum Gasteiger partial charge on any atom is 0.310 e. The van der Waals surface area contributed by atoms with Gasteiger partial charge in [-0.15, -0.1) is 0 Å². The summed E-state index contributed by atoms with van der Waals surface area (Å²) < 4.78 is 0. The van der Waals surface area contributed by atoms with Crippen molar-refractivity contribution in [1.82, 2.24) is 9.88 Å². The Hall–Kier alpha value is -1.42. The van der Waals surface area contributed by atoms with Gasteiger partial charge in [-0.1, -0.05) is 0 Å². The number of hydrogen-bond donors (Lipinski definition) is 1. The minimum Gasteiger partial charge on any atom is -0.481 e. The van der Waals surface area contributed by atoms with Gasteiger partial charge in [-0.25, -0.2) is 0 Å². The van der Waals surface area contributed by atoms with Crippen LogP contribution in [0, 0.1) is 5.41 Å². The van der Waals surface area contributed by atoms with Crippen LogP contribution in [0.1, 0.15) is 31.2 Å². The van der Waals surface area contributed by atoms with E-state index in [9.17, 15) is 9.90 Å². The molecule has 104 valence electrons. The van der Waals surface area contributed by atoms with Crippen molar-refractivity contribution in [2.75, 3.05) is 20.1 Å². The molecule has 1 N–H and O–H groups in total. The lowest BCUT2D eigenvalue weighted by Gasteiger charge is -2.38. The zero-order valence-electron chi connectivity index (χ0n) is 11.5. The molecule has 1 saturated heterocycles. The maximum atomic E-state index is 11.6. The van der Waals surface area contributed by atoms with Crippen LogP contribution >= 0.6 is 0 Å². The summed E-state index contributed by atoms with van der Waals surface area (Å²) in [7, 11) is 2.01. The van der Waals surface area contributed by atoms with E-state index in [0.29, 0.717) is 6.54 Å². The molecule has 0 amide bonds. The summed E-state index contributed by atoms with van der Waals surface area (Å²) in [6, 6.07) is 4.00. The van der Waals surface area contributed by atoms with Crippen LogP contribution in [-0.2, 0) is 11.2 Å². The quantitative estimate of drug-likeness (QED) is 0.884. The van der Waals surface area contributed by atoms with Crippen molar-refractivity contribution < 1.29 is 9.90 Å². The molecule has 1 aromatic heterocycles. The fourth-order valence-corrected chi connectivity index (χ4v) is 3.03. The van der Waals surface area contributed by atoms with Gasteiger partial charge in [-0.05, 0) is 63.4 Å². The Balaban J connectivity index is 1.92. The summed E-state index contributed by atoms with van der Waals surface area (Å²) in [5.41, 5.74) is 0.694. The zero-order valence-corrected chi connectivity index (χ0v) is 11.5. The minimum atomic E-state index is -0.631. The molecule has 1 unspecified atom stereocenters. The molecule has 1 atom stereocenters. The largest absolute Gasteiger partial charge is 0.481 e. The van der Waals surface area contributed by atoms with Gasteiger partial charge in [0.1, 0.15) is 0 Å². The highest BCUT2D eigenvalue weighted by Gasteiger charge is 2.40. The summed E-state index contributed by atoms with van der Waals surface area (Å²) in [5.74, 6) is -0.631. The third-order valence-electron chi connectivity index (χ3n) is 4.09. The fourth-order valence-electron chi connectivity index (χ4n) is 3.03. The number of piperidine rings is 1. The molecule has 0 aromatic carbocycles. The molecular formula is C15H22N2O2.